The third kappa shape index (κ3) is 9.73. The number of nitrogens with zero attached hydrogens (tertiary/aromatic N) is 1. The number of ether oxygens (including phenoxy) is 6. The van der Waals surface area contributed by atoms with Gasteiger partial charge in [0.1, 0.15) is 25.7 Å². The van der Waals surface area contributed by atoms with E-state index in [4.69, 9.17) is 44.4 Å². The number of hydrogen-bond acceptors (Lipinski definition) is 10. The van der Waals surface area contributed by atoms with Crippen LogP contribution in [0.2, 0.25) is 5.04 Å². The summed E-state index contributed by atoms with van der Waals surface area (Å²) in [5.74, 6) is -1.91. The van der Waals surface area contributed by atoms with Crippen molar-refractivity contribution >= 4 is 48.1 Å². The van der Waals surface area contributed by atoms with Crippen molar-refractivity contribution in [2.24, 2.45) is 11.8 Å². The van der Waals surface area contributed by atoms with E-state index in [1.807, 2.05) is 50.2 Å². The van der Waals surface area contributed by atoms with Gasteiger partial charge < -0.3 is 43.1 Å². The summed E-state index contributed by atoms with van der Waals surface area (Å²) in [7, 11) is 2.79. The van der Waals surface area contributed by atoms with Crippen LogP contribution in [0.5, 0.6) is 0 Å². The Kier molecular flexibility index (Phi) is 16.1. The molecule has 2 amide bonds. The van der Waals surface area contributed by atoms with E-state index in [0.29, 0.717) is 19.3 Å². The molecule has 54 heavy (non-hydrogen) atoms. The van der Waals surface area contributed by atoms with Crippen molar-refractivity contribution in [3.63, 3.8) is 0 Å². The number of methoxy groups -OCH3 is 4. The zero-order valence-electron chi connectivity index (χ0n) is 33.1. The van der Waals surface area contributed by atoms with Gasteiger partial charge in [0.2, 0.25) is 5.91 Å². The maximum atomic E-state index is 14.9. The van der Waals surface area contributed by atoms with Crippen LogP contribution in [-0.4, -0.2) is 121 Å². The molecule has 14 heteroatoms. The van der Waals surface area contributed by atoms with Crippen LogP contribution in [-0.2, 0) is 47.2 Å². The number of fused-ring (bicyclic) bond motifs is 1. The van der Waals surface area contributed by atoms with Crippen LogP contribution in [0.3, 0.4) is 0 Å². The molecule has 0 unspecified atom stereocenters. The highest BCUT2D eigenvalue weighted by molar-refractivity contribution is 6.99. The maximum Gasteiger partial charge on any atom is 0.328 e. The lowest BCUT2D eigenvalue weighted by molar-refractivity contribution is -0.181. The van der Waals surface area contributed by atoms with Crippen molar-refractivity contribution in [2.45, 2.75) is 101 Å². The van der Waals surface area contributed by atoms with Gasteiger partial charge in [-0.25, -0.2) is 4.79 Å². The quantitative estimate of drug-likeness (QED) is 0.103. The second kappa shape index (κ2) is 19.8. The Morgan fingerprint density at radius 1 is 0.852 bits per heavy atom. The Morgan fingerprint density at radius 2 is 1.39 bits per heavy atom. The first kappa shape index (κ1) is 43.8. The molecule has 2 fully saturated rings. The van der Waals surface area contributed by atoms with Gasteiger partial charge in [-0.1, -0.05) is 95.3 Å². The number of halogens is 1. The molecule has 0 aromatic heterocycles. The van der Waals surface area contributed by atoms with Crippen LogP contribution in [0, 0.1) is 11.8 Å². The molecule has 4 rings (SSSR count). The molecular weight excluding hydrogens is 732 g/mol. The molecule has 1 aliphatic heterocycles. The van der Waals surface area contributed by atoms with Gasteiger partial charge in [0.25, 0.3) is 14.2 Å². The second-order valence-corrected chi connectivity index (χ2v) is 20.2. The van der Waals surface area contributed by atoms with E-state index in [1.54, 1.807) is 12.0 Å². The third-order valence-corrected chi connectivity index (χ3v) is 16.4. The summed E-state index contributed by atoms with van der Waals surface area (Å²) in [6, 6.07) is 17.7. The Bertz CT molecular complexity index is 1460. The van der Waals surface area contributed by atoms with Crippen molar-refractivity contribution in [1.29, 1.82) is 0 Å². The fourth-order valence-corrected chi connectivity index (χ4v) is 12.7. The van der Waals surface area contributed by atoms with Gasteiger partial charge in [0, 0.05) is 27.4 Å². The zero-order valence-corrected chi connectivity index (χ0v) is 34.9. The lowest BCUT2D eigenvalue weighted by Crippen LogP contribution is -2.67. The van der Waals surface area contributed by atoms with E-state index in [1.165, 1.54) is 21.3 Å². The number of likely N-dealkylation sites (tertiary alicyclic amines) is 1. The van der Waals surface area contributed by atoms with Crippen molar-refractivity contribution < 1.29 is 47.2 Å². The summed E-state index contributed by atoms with van der Waals surface area (Å²) in [6.45, 7) is 10.2. The van der Waals surface area contributed by atoms with Crippen molar-refractivity contribution in [3.8, 4) is 0 Å². The van der Waals surface area contributed by atoms with Gasteiger partial charge in [0.15, 0.2) is 6.10 Å². The summed E-state index contributed by atoms with van der Waals surface area (Å²) in [4.78, 5) is 44.0. The molecule has 1 N–H and O–H groups in total. The highest BCUT2D eigenvalue weighted by Crippen LogP contribution is 2.43. The summed E-state index contributed by atoms with van der Waals surface area (Å²) >= 11 is 7.01. The molecule has 0 bridgehead atoms. The molecule has 1 aliphatic carbocycles. The zero-order chi connectivity index (χ0) is 39.6. The van der Waals surface area contributed by atoms with Crippen molar-refractivity contribution in [1.82, 2.24) is 10.2 Å². The lowest BCUT2D eigenvalue weighted by atomic mass is 9.81. The molecule has 2 aromatic carbocycles. The Labute approximate surface area is 326 Å². The SMILES string of the molecule is COCO[C@H]1C[C@H]2C[C@@H](C(=O)OC)N(C(=O)[C@H](NC(=O)[C@@H](CO[Si](c3ccccc3)(c3ccccc3)C(C)(C)C)OC)[C@H](Cl)C(C)C)[C@H]2C[C@@H]1OCOC. The van der Waals surface area contributed by atoms with Gasteiger partial charge in [-0.15, -0.1) is 11.6 Å². The standard InChI is InChI=1S/C40H59ClN2O10Si/c1-26(2)35(41)36(38(45)43-30-22-33(52-25-48-7)32(51-24-47-6)21-27(30)20-31(43)39(46)50-9)42-37(44)34(49-8)23-53-54(40(3,4)5,28-16-12-10-13-17-28)29-18-14-11-15-19-29/h10-19,26-27,30-36H,20-25H2,1-9H3,(H,42,44)/t27-,30+,31+,32+,33+,34-,35-,36-/m1/s1. The van der Waals surface area contributed by atoms with E-state index in [0.717, 1.165) is 10.4 Å². The first-order valence-electron chi connectivity index (χ1n) is 18.6. The number of hydrogen-bond donors (Lipinski definition) is 1. The highest BCUT2D eigenvalue weighted by Gasteiger charge is 2.55. The monoisotopic (exact) mass is 790 g/mol. The minimum atomic E-state index is -3.02. The number of carbonyl (C=O) groups is 3. The topological polar surface area (TPSA) is 131 Å². The largest absolute Gasteiger partial charge is 0.467 e. The van der Waals surface area contributed by atoms with Gasteiger partial charge in [0.05, 0.1) is 31.3 Å². The Hall–Kier alpha value is -2.88. The molecule has 2 aliphatic rings. The molecule has 1 saturated carbocycles. The van der Waals surface area contributed by atoms with Crippen LogP contribution in [0.1, 0.15) is 53.9 Å². The van der Waals surface area contributed by atoms with E-state index in [-0.39, 0.29) is 43.2 Å². The molecule has 300 valence electrons. The number of alkyl halides is 1. The normalized spacial score (nSPS) is 23.4. The van der Waals surface area contributed by atoms with Crippen LogP contribution in [0.4, 0.5) is 0 Å². The average molecular weight is 791 g/mol. The Morgan fingerprint density at radius 3 is 1.85 bits per heavy atom. The highest BCUT2D eigenvalue weighted by atomic mass is 35.5. The fourth-order valence-electron chi connectivity index (χ4n) is 8.02. The second-order valence-electron chi connectivity index (χ2n) is 15.4. The summed E-state index contributed by atoms with van der Waals surface area (Å²) < 4.78 is 40.4. The van der Waals surface area contributed by atoms with Gasteiger partial charge in [-0.3, -0.25) is 9.59 Å². The predicted octanol–water partition coefficient (Wildman–Crippen LogP) is 3.86. The summed E-state index contributed by atoms with van der Waals surface area (Å²) in [5.41, 5.74) is 0. The van der Waals surface area contributed by atoms with Crippen molar-refractivity contribution in [3.05, 3.63) is 60.7 Å². The first-order valence-corrected chi connectivity index (χ1v) is 20.9. The number of nitrogens with one attached hydrogen (secondary N) is 1. The van der Waals surface area contributed by atoms with Gasteiger partial charge >= 0.3 is 5.97 Å². The molecule has 0 spiro atoms. The van der Waals surface area contributed by atoms with Crippen LogP contribution >= 0.6 is 11.6 Å². The van der Waals surface area contributed by atoms with Gasteiger partial charge in [-0.05, 0) is 46.5 Å². The number of amides is 2. The van der Waals surface area contributed by atoms with E-state index >= 15 is 0 Å². The van der Waals surface area contributed by atoms with E-state index < -0.39 is 61.8 Å². The minimum Gasteiger partial charge on any atom is -0.467 e. The molecule has 1 saturated heterocycles. The molecule has 0 radical (unpaired) electrons. The van der Waals surface area contributed by atoms with Crippen LogP contribution in [0.25, 0.3) is 0 Å². The summed E-state index contributed by atoms with van der Waals surface area (Å²) in [5, 5.41) is 3.89. The number of rotatable bonds is 18. The van der Waals surface area contributed by atoms with Crippen molar-refractivity contribution in [2.75, 3.05) is 48.6 Å². The molecule has 12 nitrogen and oxygen atoms in total. The van der Waals surface area contributed by atoms with Crippen LogP contribution < -0.4 is 15.7 Å². The predicted molar refractivity (Wildman–Crippen MR) is 208 cm³/mol. The number of esters is 1. The molecular formula is C40H59ClN2O10Si. The minimum absolute atomic E-state index is 0.0213. The van der Waals surface area contributed by atoms with E-state index in [9.17, 15) is 14.4 Å². The van der Waals surface area contributed by atoms with E-state index in [2.05, 4.69) is 50.4 Å². The molecule has 2 aromatic rings. The number of benzene rings is 2. The third-order valence-electron chi connectivity index (χ3n) is 10.7. The first-order chi connectivity index (χ1) is 25.7. The Balaban J connectivity index is 1.65. The van der Waals surface area contributed by atoms with Crippen LogP contribution in [0.15, 0.2) is 60.7 Å². The van der Waals surface area contributed by atoms with Gasteiger partial charge in [-0.2, -0.15) is 0 Å². The average Bonchev–Trinajstić information content (AvgIpc) is 3.54. The number of carbonyl (C=O) groups excluding carboxylic acids is 3. The maximum absolute atomic E-state index is 14.9. The molecule has 8 atom stereocenters. The molecule has 1 heterocycles. The summed E-state index contributed by atoms with van der Waals surface area (Å²) in [6.07, 6.45) is -0.648. The fraction of sp³-hybridized carbons (Fsp3) is 0.625. The lowest BCUT2D eigenvalue weighted by Gasteiger charge is -2.43. The smallest absolute Gasteiger partial charge is 0.328 e.